The van der Waals surface area contributed by atoms with Crippen LogP contribution in [-0.4, -0.2) is 23.8 Å². The Morgan fingerprint density at radius 3 is 2.60 bits per heavy atom. The molecule has 2 rings (SSSR count). The quantitative estimate of drug-likeness (QED) is 0.817. The summed E-state index contributed by atoms with van der Waals surface area (Å²) in [7, 11) is 2.04. The van der Waals surface area contributed by atoms with Gasteiger partial charge in [-0.05, 0) is 39.4 Å². The maximum absolute atomic E-state index is 4.64. The lowest BCUT2D eigenvalue weighted by molar-refractivity contribution is 0.615. The van der Waals surface area contributed by atoms with E-state index in [1.165, 1.54) is 26.0 Å². The number of hydrogen-bond donors (Lipinski definition) is 1. The van der Waals surface area contributed by atoms with Gasteiger partial charge in [-0.1, -0.05) is 18.2 Å². The first kappa shape index (κ1) is 15.5. The van der Waals surface area contributed by atoms with Gasteiger partial charge in [0.25, 0.3) is 0 Å². The number of aryl methyl sites for hydroxylation is 3. The van der Waals surface area contributed by atoms with E-state index in [2.05, 4.69) is 55.3 Å². The van der Waals surface area contributed by atoms with Crippen molar-refractivity contribution in [1.82, 2.24) is 10.3 Å². The number of hydrogen-bond acceptors (Lipinski definition) is 4. The van der Waals surface area contributed by atoms with Crippen LogP contribution in [0.25, 0.3) is 0 Å². The number of aromatic nitrogens is 1. The number of nitrogens with one attached hydrogen (secondary N) is 1. The predicted molar refractivity (Wildman–Crippen MR) is 90.0 cm³/mol. The second-order valence-corrected chi connectivity index (χ2v) is 7.37. The highest BCUT2D eigenvalue weighted by Gasteiger charge is 2.12. The zero-order valence-corrected chi connectivity index (χ0v) is 14.2. The van der Waals surface area contributed by atoms with Crippen LogP contribution in [0.5, 0.6) is 0 Å². The molecule has 1 unspecified atom stereocenters. The summed E-state index contributed by atoms with van der Waals surface area (Å²) in [5.41, 5.74) is 2.53. The van der Waals surface area contributed by atoms with E-state index in [-0.39, 0.29) is 0 Å². The summed E-state index contributed by atoms with van der Waals surface area (Å²) < 4.78 is 0. The standard InChI is InChI=1S/C16H22N2S2/c1-11-7-5-6-8-15(11)19-10-14(17-4)9-16-18-12(2)13(3)20-16/h5-8,14,17H,9-10H2,1-4H3. The summed E-state index contributed by atoms with van der Waals surface area (Å²) in [5, 5.41) is 4.66. The Bertz CT molecular complexity index is 544. The summed E-state index contributed by atoms with van der Waals surface area (Å²) in [6.07, 6.45) is 1.01. The molecule has 0 saturated carbocycles. The molecule has 1 aromatic carbocycles. The van der Waals surface area contributed by atoms with Gasteiger partial charge in [0, 0.05) is 28.0 Å². The molecule has 1 N–H and O–H groups in total. The summed E-state index contributed by atoms with van der Waals surface area (Å²) in [4.78, 5) is 7.35. The number of thiazole rings is 1. The third kappa shape index (κ3) is 4.08. The van der Waals surface area contributed by atoms with Gasteiger partial charge in [0.1, 0.15) is 0 Å². The van der Waals surface area contributed by atoms with Crippen LogP contribution in [0.15, 0.2) is 29.2 Å². The minimum Gasteiger partial charge on any atom is -0.316 e. The highest BCUT2D eigenvalue weighted by molar-refractivity contribution is 7.99. The summed E-state index contributed by atoms with van der Waals surface area (Å²) >= 11 is 3.75. The average Bonchev–Trinajstić information content (AvgIpc) is 2.75. The van der Waals surface area contributed by atoms with Crippen molar-refractivity contribution in [3.8, 4) is 0 Å². The van der Waals surface area contributed by atoms with E-state index in [1.54, 1.807) is 0 Å². The first-order valence-electron chi connectivity index (χ1n) is 6.88. The molecule has 1 heterocycles. The number of likely N-dealkylation sites (N-methyl/N-ethyl adjacent to an activating group) is 1. The Labute approximate surface area is 130 Å². The normalized spacial score (nSPS) is 12.6. The van der Waals surface area contributed by atoms with Gasteiger partial charge in [-0.25, -0.2) is 4.98 Å². The van der Waals surface area contributed by atoms with E-state index < -0.39 is 0 Å². The molecule has 0 spiro atoms. The third-order valence-electron chi connectivity index (χ3n) is 3.44. The van der Waals surface area contributed by atoms with Crippen LogP contribution in [0.2, 0.25) is 0 Å². The lowest BCUT2D eigenvalue weighted by atomic mass is 10.2. The molecule has 0 bridgehead atoms. The van der Waals surface area contributed by atoms with Crippen LogP contribution >= 0.6 is 23.1 Å². The molecule has 0 fully saturated rings. The Morgan fingerprint density at radius 2 is 2.00 bits per heavy atom. The lowest BCUT2D eigenvalue weighted by Gasteiger charge is -2.15. The van der Waals surface area contributed by atoms with Crippen molar-refractivity contribution in [2.75, 3.05) is 12.8 Å². The Kier molecular flexibility index (Phi) is 5.64. The summed E-state index contributed by atoms with van der Waals surface area (Å²) in [5.74, 6) is 1.07. The zero-order chi connectivity index (χ0) is 14.5. The van der Waals surface area contributed by atoms with Gasteiger partial charge in [0.15, 0.2) is 0 Å². The van der Waals surface area contributed by atoms with E-state index in [0.29, 0.717) is 6.04 Å². The van der Waals surface area contributed by atoms with Crippen molar-refractivity contribution in [3.63, 3.8) is 0 Å². The van der Waals surface area contributed by atoms with Crippen molar-refractivity contribution in [2.24, 2.45) is 0 Å². The number of benzene rings is 1. The van der Waals surface area contributed by atoms with Crippen LogP contribution in [-0.2, 0) is 6.42 Å². The van der Waals surface area contributed by atoms with Crippen LogP contribution in [0.1, 0.15) is 21.1 Å². The van der Waals surface area contributed by atoms with E-state index in [1.807, 2.05) is 30.1 Å². The van der Waals surface area contributed by atoms with Crippen LogP contribution in [0.4, 0.5) is 0 Å². The smallest absolute Gasteiger partial charge is 0.0946 e. The molecule has 2 aromatic rings. The molecule has 0 amide bonds. The Morgan fingerprint density at radius 1 is 1.25 bits per heavy atom. The molecule has 0 aliphatic rings. The lowest BCUT2D eigenvalue weighted by Crippen LogP contribution is -2.30. The molecule has 2 nitrogen and oxygen atoms in total. The van der Waals surface area contributed by atoms with Crippen molar-refractivity contribution in [1.29, 1.82) is 0 Å². The highest BCUT2D eigenvalue weighted by Crippen LogP contribution is 2.24. The Hall–Kier alpha value is -0.840. The average molecular weight is 306 g/mol. The highest BCUT2D eigenvalue weighted by atomic mass is 32.2. The first-order valence-corrected chi connectivity index (χ1v) is 8.69. The summed E-state index contributed by atoms with van der Waals surface area (Å²) in [6, 6.07) is 9.03. The van der Waals surface area contributed by atoms with Gasteiger partial charge < -0.3 is 5.32 Å². The second kappa shape index (κ2) is 7.25. The van der Waals surface area contributed by atoms with Gasteiger partial charge in [0.05, 0.1) is 10.7 Å². The molecule has 0 aliphatic carbocycles. The molecule has 0 radical (unpaired) electrons. The van der Waals surface area contributed by atoms with Crippen LogP contribution < -0.4 is 5.32 Å². The molecule has 108 valence electrons. The molecule has 1 aromatic heterocycles. The topological polar surface area (TPSA) is 24.9 Å². The van der Waals surface area contributed by atoms with Gasteiger partial charge in [-0.3, -0.25) is 0 Å². The fourth-order valence-corrected chi connectivity index (χ4v) is 4.14. The zero-order valence-electron chi connectivity index (χ0n) is 12.6. The summed E-state index contributed by atoms with van der Waals surface area (Å²) in [6.45, 7) is 6.41. The minimum absolute atomic E-state index is 0.463. The molecule has 20 heavy (non-hydrogen) atoms. The number of thioether (sulfide) groups is 1. The van der Waals surface area contributed by atoms with Crippen LogP contribution in [0.3, 0.4) is 0 Å². The van der Waals surface area contributed by atoms with Gasteiger partial charge in [0.2, 0.25) is 0 Å². The van der Waals surface area contributed by atoms with E-state index in [0.717, 1.165) is 12.2 Å². The van der Waals surface area contributed by atoms with Crippen LogP contribution in [0, 0.1) is 20.8 Å². The van der Waals surface area contributed by atoms with Crippen molar-refractivity contribution in [2.45, 2.75) is 38.1 Å². The molecular weight excluding hydrogens is 284 g/mol. The number of rotatable bonds is 6. The SMILES string of the molecule is CNC(CSc1ccccc1C)Cc1nc(C)c(C)s1. The van der Waals surface area contributed by atoms with Gasteiger partial charge in [-0.15, -0.1) is 23.1 Å². The maximum atomic E-state index is 4.64. The molecular formula is C16H22N2S2. The number of nitrogens with zero attached hydrogens (tertiary/aromatic N) is 1. The monoisotopic (exact) mass is 306 g/mol. The fraction of sp³-hybridized carbons (Fsp3) is 0.438. The predicted octanol–water partition coefficient (Wildman–Crippen LogP) is 3.99. The van der Waals surface area contributed by atoms with Gasteiger partial charge >= 0.3 is 0 Å². The van der Waals surface area contributed by atoms with E-state index in [9.17, 15) is 0 Å². The molecule has 1 atom stereocenters. The minimum atomic E-state index is 0.463. The molecule has 4 heteroatoms. The fourth-order valence-electron chi connectivity index (χ4n) is 1.99. The Balaban J connectivity index is 1.94. The molecule has 0 aliphatic heterocycles. The van der Waals surface area contributed by atoms with E-state index in [4.69, 9.17) is 0 Å². The molecule has 0 saturated heterocycles. The largest absolute Gasteiger partial charge is 0.316 e. The maximum Gasteiger partial charge on any atom is 0.0946 e. The van der Waals surface area contributed by atoms with Gasteiger partial charge in [-0.2, -0.15) is 0 Å². The van der Waals surface area contributed by atoms with E-state index >= 15 is 0 Å². The van der Waals surface area contributed by atoms with Crippen molar-refractivity contribution in [3.05, 3.63) is 45.4 Å². The second-order valence-electron chi connectivity index (χ2n) is 5.02. The first-order chi connectivity index (χ1) is 9.60. The third-order valence-corrected chi connectivity index (χ3v) is 5.87. The van der Waals surface area contributed by atoms with Crippen molar-refractivity contribution < 1.29 is 0 Å². The van der Waals surface area contributed by atoms with Crippen molar-refractivity contribution >= 4 is 23.1 Å².